The molecule has 0 saturated carbocycles. The summed E-state index contributed by atoms with van der Waals surface area (Å²) in [5.74, 6) is 0.997. The molecule has 0 unspecified atom stereocenters. The minimum atomic E-state index is -0.390. The van der Waals surface area contributed by atoms with Crippen LogP contribution in [0.4, 0.5) is 22.9 Å². The van der Waals surface area contributed by atoms with Crippen molar-refractivity contribution in [3.63, 3.8) is 0 Å². The number of hydrogen-bond donors (Lipinski definition) is 3. The lowest BCUT2D eigenvalue weighted by Crippen LogP contribution is -2.15. The molecule has 0 radical (unpaired) electrons. The van der Waals surface area contributed by atoms with Gasteiger partial charge in [-0.2, -0.15) is 0 Å². The van der Waals surface area contributed by atoms with Crippen molar-refractivity contribution in [3.8, 4) is 5.75 Å². The molecule has 0 atom stereocenters. The SMILES string of the molecule is COc1ccccc1Nc1cc(C(=O)Nc2cccc(NC(C)=O)c2)nc(C)n1. The molecule has 0 saturated heterocycles. The zero-order valence-corrected chi connectivity index (χ0v) is 16.3. The molecule has 0 bridgehead atoms. The van der Waals surface area contributed by atoms with E-state index in [0.29, 0.717) is 28.8 Å². The summed E-state index contributed by atoms with van der Waals surface area (Å²) in [5, 5.41) is 8.61. The monoisotopic (exact) mass is 391 g/mol. The Labute approximate surface area is 168 Å². The number of nitrogens with one attached hydrogen (secondary N) is 3. The predicted octanol–water partition coefficient (Wildman–Crippen LogP) is 3.75. The Balaban J connectivity index is 1.80. The molecule has 0 fully saturated rings. The molecule has 2 aromatic carbocycles. The van der Waals surface area contributed by atoms with Crippen LogP contribution in [-0.4, -0.2) is 28.9 Å². The molecule has 3 aromatic rings. The van der Waals surface area contributed by atoms with Gasteiger partial charge in [-0.05, 0) is 37.3 Å². The topological polar surface area (TPSA) is 105 Å². The minimum absolute atomic E-state index is 0.188. The Morgan fingerprint density at radius 1 is 0.931 bits per heavy atom. The smallest absolute Gasteiger partial charge is 0.274 e. The number of ether oxygens (including phenoxy) is 1. The molecule has 0 aliphatic rings. The molecule has 3 N–H and O–H groups in total. The molecule has 8 nitrogen and oxygen atoms in total. The van der Waals surface area contributed by atoms with Crippen molar-refractivity contribution < 1.29 is 14.3 Å². The van der Waals surface area contributed by atoms with Crippen LogP contribution in [0.2, 0.25) is 0 Å². The number of methoxy groups -OCH3 is 1. The van der Waals surface area contributed by atoms with E-state index in [-0.39, 0.29) is 11.6 Å². The van der Waals surface area contributed by atoms with E-state index in [1.165, 1.54) is 6.92 Å². The Kier molecular flexibility index (Phi) is 6.03. The van der Waals surface area contributed by atoms with E-state index in [1.54, 1.807) is 44.4 Å². The van der Waals surface area contributed by atoms with Crippen molar-refractivity contribution in [2.45, 2.75) is 13.8 Å². The molecule has 8 heteroatoms. The minimum Gasteiger partial charge on any atom is -0.495 e. The van der Waals surface area contributed by atoms with Gasteiger partial charge in [0.15, 0.2) is 0 Å². The van der Waals surface area contributed by atoms with Crippen molar-refractivity contribution in [2.24, 2.45) is 0 Å². The second-order valence-corrected chi connectivity index (χ2v) is 6.23. The number of benzene rings is 2. The molecule has 0 aliphatic heterocycles. The van der Waals surface area contributed by atoms with Gasteiger partial charge in [0, 0.05) is 24.4 Å². The number of carbonyl (C=O) groups is 2. The van der Waals surface area contributed by atoms with E-state index in [9.17, 15) is 9.59 Å². The Bertz CT molecular complexity index is 1050. The average molecular weight is 391 g/mol. The highest BCUT2D eigenvalue weighted by Gasteiger charge is 2.12. The van der Waals surface area contributed by atoms with Crippen LogP contribution in [0.1, 0.15) is 23.2 Å². The second kappa shape index (κ2) is 8.83. The van der Waals surface area contributed by atoms with E-state index in [1.807, 2.05) is 24.3 Å². The van der Waals surface area contributed by atoms with E-state index in [2.05, 4.69) is 25.9 Å². The third-order valence-corrected chi connectivity index (χ3v) is 3.88. The molecular weight excluding hydrogens is 370 g/mol. The Hall–Kier alpha value is -3.94. The summed E-state index contributed by atoms with van der Waals surface area (Å²) in [6.45, 7) is 3.13. The third-order valence-electron chi connectivity index (χ3n) is 3.88. The highest BCUT2D eigenvalue weighted by Crippen LogP contribution is 2.26. The maximum Gasteiger partial charge on any atom is 0.274 e. The molecular formula is C21H21N5O3. The van der Waals surface area contributed by atoms with Gasteiger partial charge in [-0.3, -0.25) is 9.59 Å². The van der Waals surface area contributed by atoms with E-state index >= 15 is 0 Å². The lowest BCUT2D eigenvalue weighted by atomic mass is 10.2. The van der Waals surface area contributed by atoms with Gasteiger partial charge in [-0.15, -0.1) is 0 Å². The molecule has 0 aliphatic carbocycles. The molecule has 148 valence electrons. The zero-order chi connectivity index (χ0) is 20.8. The van der Waals surface area contributed by atoms with Gasteiger partial charge in [0.05, 0.1) is 12.8 Å². The van der Waals surface area contributed by atoms with E-state index in [4.69, 9.17) is 4.74 Å². The molecule has 1 heterocycles. The van der Waals surface area contributed by atoms with Crippen LogP contribution in [0, 0.1) is 6.92 Å². The van der Waals surface area contributed by atoms with Crippen LogP contribution in [0.15, 0.2) is 54.6 Å². The average Bonchev–Trinajstić information content (AvgIpc) is 2.67. The number of anilines is 4. The summed E-state index contributed by atoms with van der Waals surface area (Å²) >= 11 is 0. The van der Waals surface area contributed by atoms with E-state index in [0.717, 1.165) is 5.69 Å². The molecule has 1 aromatic heterocycles. The van der Waals surface area contributed by atoms with Crippen LogP contribution in [0.25, 0.3) is 0 Å². The fraction of sp³-hybridized carbons (Fsp3) is 0.143. The maximum atomic E-state index is 12.7. The number of carbonyl (C=O) groups excluding carboxylic acids is 2. The van der Waals surface area contributed by atoms with Gasteiger partial charge in [-0.25, -0.2) is 9.97 Å². The number of aromatic nitrogens is 2. The van der Waals surface area contributed by atoms with Crippen LogP contribution in [0.3, 0.4) is 0 Å². The molecule has 2 amide bonds. The van der Waals surface area contributed by atoms with Crippen LogP contribution >= 0.6 is 0 Å². The summed E-state index contributed by atoms with van der Waals surface area (Å²) in [4.78, 5) is 32.5. The van der Waals surface area contributed by atoms with Gasteiger partial charge in [0.25, 0.3) is 5.91 Å². The zero-order valence-electron chi connectivity index (χ0n) is 16.3. The third kappa shape index (κ3) is 5.29. The van der Waals surface area contributed by atoms with Gasteiger partial charge in [0.2, 0.25) is 5.91 Å². The molecule has 3 rings (SSSR count). The molecule has 29 heavy (non-hydrogen) atoms. The predicted molar refractivity (Wildman–Crippen MR) is 112 cm³/mol. The Morgan fingerprint density at radius 2 is 1.66 bits per heavy atom. The summed E-state index contributed by atoms with van der Waals surface area (Å²) in [7, 11) is 1.58. The second-order valence-electron chi connectivity index (χ2n) is 6.23. The summed E-state index contributed by atoms with van der Waals surface area (Å²) < 4.78 is 5.33. The fourth-order valence-electron chi connectivity index (χ4n) is 2.71. The van der Waals surface area contributed by atoms with Crippen molar-refractivity contribution in [1.82, 2.24) is 9.97 Å². The first-order chi connectivity index (χ1) is 13.9. The number of hydrogen-bond acceptors (Lipinski definition) is 6. The summed E-state index contributed by atoms with van der Waals surface area (Å²) in [5.41, 5.74) is 2.06. The highest BCUT2D eigenvalue weighted by molar-refractivity contribution is 6.03. The normalized spacial score (nSPS) is 10.2. The van der Waals surface area contributed by atoms with Gasteiger partial charge in [0.1, 0.15) is 23.1 Å². The van der Waals surface area contributed by atoms with Gasteiger partial charge < -0.3 is 20.7 Å². The number of aryl methyl sites for hydroxylation is 1. The standard InChI is InChI=1S/C21H21N5O3/c1-13-22-18(12-20(23-13)26-17-9-4-5-10-19(17)29-3)21(28)25-16-8-6-7-15(11-16)24-14(2)27/h4-12H,1-3H3,(H,24,27)(H,25,28)(H,22,23,26). The number of para-hydroxylation sites is 2. The summed E-state index contributed by atoms with van der Waals surface area (Å²) in [6, 6.07) is 15.8. The Morgan fingerprint density at radius 3 is 2.38 bits per heavy atom. The first-order valence-electron chi connectivity index (χ1n) is 8.89. The first kappa shape index (κ1) is 19.8. The largest absolute Gasteiger partial charge is 0.495 e. The first-order valence-corrected chi connectivity index (χ1v) is 8.89. The quantitative estimate of drug-likeness (QED) is 0.591. The van der Waals surface area contributed by atoms with Crippen LogP contribution in [-0.2, 0) is 4.79 Å². The fourth-order valence-corrected chi connectivity index (χ4v) is 2.71. The van der Waals surface area contributed by atoms with Crippen molar-refractivity contribution >= 4 is 34.7 Å². The summed E-state index contributed by atoms with van der Waals surface area (Å²) in [6.07, 6.45) is 0. The number of amides is 2. The van der Waals surface area contributed by atoms with Gasteiger partial charge in [-0.1, -0.05) is 18.2 Å². The number of nitrogens with zero attached hydrogens (tertiary/aromatic N) is 2. The molecule has 0 spiro atoms. The van der Waals surface area contributed by atoms with Crippen LogP contribution in [0.5, 0.6) is 5.75 Å². The maximum absolute atomic E-state index is 12.7. The van der Waals surface area contributed by atoms with Crippen LogP contribution < -0.4 is 20.7 Å². The number of rotatable bonds is 6. The van der Waals surface area contributed by atoms with E-state index < -0.39 is 5.91 Å². The van der Waals surface area contributed by atoms with Crippen molar-refractivity contribution in [2.75, 3.05) is 23.1 Å². The van der Waals surface area contributed by atoms with Crippen molar-refractivity contribution in [1.29, 1.82) is 0 Å². The lowest BCUT2D eigenvalue weighted by molar-refractivity contribution is -0.114. The van der Waals surface area contributed by atoms with Gasteiger partial charge >= 0.3 is 0 Å². The highest BCUT2D eigenvalue weighted by atomic mass is 16.5. The van der Waals surface area contributed by atoms with Crippen molar-refractivity contribution in [3.05, 3.63) is 66.1 Å². The lowest BCUT2D eigenvalue weighted by Gasteiger charge is -2.12.